The smallest absolute Gasteiger partial charge is 0.165 e. The molecule has 3 saturated heterocycles. The molecule has 0 saturated carbocycles. The maximum absolute atomic E-state index is 9.33. The van der Waals surface area contributed by atoms with Crippen molar-refractivity contribution in [3.8, 4) is 0 Å². The van der Waals surface area contributed by atoms with Crippen LogP contribution in [-0.4, -0.2) is 92.9 Å². The van der Waals surface area contributed by atoms with Gasteiger partial charge in [0.25, 0.3) is 0 Å². The van der Waals surface area contributed by atoms with Gasteiger partial charge in [-0.1, -0.05) is 0 Å². The van der Waals surface area contributed by atoms with Gasteiger partial charge in [0.15, 0.2) is 7.51 Å². The molecule has 0 aromatic heterocycles. The van der Waals surface area contributed by atoms with Gasteiger partial charge < -0.3 is 14.2 Å². The molecule has 3 aliphatic rings. The normalized spacial score (nSPS) is 28.6. The third kappa shape index (κ3) is 2.95. The summed E-state index contributed by atoms with van der Waals surface area (Å²) in [6.07, 6.45) is 0. The zero-order valence-electron chi connectivity index (χ0n) is 12.0. The molecule has 0 amide bonds. The number of nitrogens with zero attached hydrogens (tertiary/aromatic N) is 3. The molecule has 0 atom stereocenters. The minimum absolute atomic E-state index is 0.745. The molecule has 8 heteroatoms. The van der Waals surface area contributed by atoms with Crippen LogP contribution in [0.25, 0.3) is 0 Å². The standard InChI is InChI=1S/C12H25N4O3P/c13-20(14-1-7-17-8-2-14,15-3-9-18-10-4-15)16-5-11-19-12-6-16/h13H,1-12H2. The molecule has 0 bridgehead atoms. The molecule has 0 aromatic rings. The predicted molar refractivity (Wildman–Crippen MR) is 76.8 cm³/mol. The highest BCUT2D eigenvalue weighted by molar-refractivity contribution is 7.57. The topological polar surface area (TPSA) is 61.3 Å². The molecule has 0 aliphatic carbocycles. The summed E-state index contributed by atoms with van der Waals surface area (Å²) in [5.41, 5.74) is 0. The lowest BCUT2D eigenvalue weighted by atomic mass is 10.5. The SMILES string of the molecule is N=P(N1CCOCC1)(N1CCOCC1)N1CCOCC1. The summed E-state index contributed by atoms with van der Waals surface area (Å²) in [5.74, 6) is 0. The highest BCUT2D eigenvalue weighted by Crippen LogP contribution is 2.57. The Morgan fingerprint density at radius 1 is 0.550 bits per heavy atom. The lowest BCUT2D eigenvalue weighted by Crippen LogP contribution is -2.50. The molecule has 3 aliphatic heterocycles. The van der Waals surface area contributed by atoms with Gasteiger partial charge in [-0.15, -0.1) is 0 Å². The summed E-state index contributed by atoms with van der Waals surface area (Å²) in [6, 6.07) is 0. The third-order valence-corrected chi connectivity index (χ3v) is 7.71. The van der Waals surface area contributed by atoms with E-state index in [0.717, 1.165) is 78.9 Å². The fraction of sp³-hybridized carbons (Fsp3) is 1.00. The monoisotopic (exact) mass is 304 g/mol. The van der Waals surface area contributed by atoms with Crippen LogP contribution in [0.15, 0.2) is 0 Å². The Labute approximate surface area is 120 Å². The van der Waals surface area contributed by atoms with Crippen molar-refractivity contribution in [3.05, 3.63) is 0 Å². The van der Waals surface area contributed by atoms with E-state index < -0.39 is 7.51 Å². The summed E-state index contributed by atoms with van der Waals surface area (Å²) >= 11 is 0. The van der Waals surface area contributed by atoms with Crippen LogP contribution >= 0.6 is 7.51 Å². The van der Waals surface area contributed by atoms with Gasteiger partial charge in [-0.2, -0.15) is 0 Å². The van der Waals surface area contributed by atoms with Gasteiger partial charge in [-0.3, -0.25) is 5.16 Å². The molecule has 1 N–H and O–H groups in total. The first-order chi connectivity index (χ1) is 9.82. The predicted octanol–water partition coefficient (Wildman–Crippen LogP) is 0.508. The first kappa shape index (κ1) is 14.9. The van der Waals surface area contributed by atoms with Gasteiger partial charge in [0.1, 0.15) is 0 Å². The Morgan fingerprint density at radius 3 is 1.05 bits per heavy atom. The minimum Gasteiger partial charge on any atom is -0.379 e. The molecule has 0 radical (unpaired) electrons. The molecule has 116 valence electrons. The van der Waals surface area contributed by atoms with Crippen LogP contribution in [0.3, 0.4) is 0 Å². The first-order valence-corrected chi connectivity index (χ1v) is 9.10. The maximum Gasteiger partial charge on any atom is 0.165 e. The second-order valence-electron chi connectivity index (χ2n) is 5.27. The molecule has 0 aromatic carbocycles. The van der Waals surface area contributed by atoms with Crippen molar-refractivity contribution < 1.29 is 14.2 Å². The second-order valence-corrected chi connectivity index (χ2v) is 8.10. The average molecular weight is 304 g/mol. The van der Waals surface area contributed by atoms with Crippen LogP contribution in [0.2, 0.25) is 0 Å². The maximum atomic E-state index is 9.33. The van der Waals surface area contributed by atoms with Gasteiger partial charge in [-0.25, -0.2) is 14.0 Å². The van der Waals surface area contributed by atoms with Crippen molar-refractivity contribution in [1.29, 1.82) is 5.16 Å². The van der Waals surface area contributed by atoms with Gasteiger partial charge in [0.2, 0.25) is 0 Å². The Morgan fingerprint density at radius 2 is 0.800 bits per heavy atom. The van der Waals surface area contributed by atoms with Gasteiger partial charge in [0.05, 0.1) is 39.6 Å². The zero-order chi connectivity index (χ0) is 13.8. The molecule has 3 heterocycles. The van der Waals surface area contributed by atoms with Crippen LogP contribution in [-0.2, 0) is 14.2 Å². The molecule has 3 rings (SSSR count). The zero-order valence-corrected chi connectivity index (χ0v) is 12.9. The molecular formula is C12H25N4O3P. The number of nitrogens with one attached hydrogen (secondary N) is 1. The van der Waals surface area contributed by atoms with Crippen LogP contribution in [0.1, 0.15) is 0 Å². The highest BCUT2D eigenvalue weighted by Gasteiger charge is 2.40. The van der Waals surface area contributed by atoms with E-state index in [1.54, 1.807) is 0 Å². The van der Waals surface area contributed by atoms with Gasteiger partial charge in [-0.05, 0) is 0 Å². The fourth-order valence-electron chi connectivity index (χ4n) is 3.03. The number of hydrogen-bond acceptors (Lipinski definition) is 4. The molecule has 0 unspecified atom stereocenters. The average Bonchev–Trinajstić information content (AvgIpc) is 2.56. The van der Waals surface area contributed by atoms with Crippen molar-refractivity contribution in [3.63, 3.8) is 0 Å². The number of hydrogen-bond donors (Lipinski definition) is 1. The second kappa shape index (κ2) is 6.83. The fourth-order valence-corrected chi connectivity index (χ4v) is 6.27. The minimum atomic E-state index is -2.19. The quantitative estimate of drug-likeness (QED) is 0.767. The summed E-state index contributed by atoms with van der Waals surface area (Å²) in [4.78, 5) is 0. The Hall–Kier alpha value is -0.0100. The van der Waals surface area contributed by atoms with Gasteiger partial charge in [0, 0.05) is 39.3 Å². The van der Waals surface area contributed by atoms with Crippen molar-refractivity contribution >= 4 is 7.51 Å². The van der Waals surface area contributed by atoms with E-state index in [1.165, 1.54) is 0 Å². The van der Waals surface area contributed by atoms with E-state index in [4.69, 9.17) is 14.2 Å². The number of ether oxygens (including phenoxy) is 3. The lowest BCUT2D eigenvalue weighted by molar-refractivity contribution is 0.0369. The third-order valence-electron chi connectivity index (χ3n) is 4.15. The van der Waals surface area contributed by atoms with Gasteiger partial charge >= 0.3 is 0 Å². The van der Waals surface area contributed by atoms with Crippen molar-refractivity contribution in [1.82, 2.24) is 14.0 Å². The highest BCUT2D eigenvalue weighted by atomic mass is 31.2. The number of rotatable bonds is 3. The Balaban J connectivity index is 1.81. The lowest BCUT2D eigenvalue weighted by Gasteiger charge is -2.51. The van der Waals surface area contributed by atoms with E-state index in [-0.39, 0.29) is 0 Å². The molecular weight excluding hydrogens is 279 g/mol. The van der Waals surface area contributed by atoms with Crippen molar-refractivity contribution in [2.24, 2.45) is 0 Å². The van der Waals surface area contributed by atoms with Crippen molar-refractivity contribution in [2.45, 2.75) is 0 Å². The van der Waals surface area contributed by atoms with Crippen LogP contribution in [0, 0.1) is 5.16 Å². The van der Waals surface area contributed by atoms with Crippen LogP contribution in [0.4, 0.5) is 0 Å². The van der Waals surface area contributed by atoms with E-state index in [0.29, 0.717) is 0 Å². The van der Waals surface area contributed by atoms with E-state index >= 15 is 0 Å². The summed E-state index contributed by atoms with van der Waals surface area (Å²) in [5, 5.41) is 9.33. The van der Waals surface area contributed by atoms with E-state index in [9.17, 15) is 5.16 Å². The van der Waals surface area contributed by atoms with E-state index in [1.807, 2.05) is 0 Å². The molecule has 20 heavy (non-hydrogen) atoms. The number of morpholine rings is 3. The molecule has 0 spiro atoms. The first-order valence-electron chi connectivity index (χ1n) is 7.45. The summed E-state index contributed by atoms with van der Waals surface area (Å²) in [6.45, 7) is 9.67. The van der Waals surface area contributed by atoms with E-state index in [2.05, 4.69) is 14.0 Å². The Bertz CT molecular complexity index is 300. The Kier molecular flexibility index (Phi) is 5.09. The summed E-state index contributed by atoms with van der Waals surface area (Å²) < 4.78 is 23.5. The largest absolute Gasteiger partial charge is 0.379 e. The van der Waals surface area contributed by atoms with Crippen molar-refractivity contribution in [2.75, 3.05) is 78.9 Å². The van der Waals surface area contributed by atoms with Crippen LogP contribution < -0.4 is 0 Å². The molecule has 3 fully saturated rings. The summed E-state index contributed by atoms with van der Waals surface area (Å²) in [7, 11) is -2.19. The van der Waals surface area contributed by atoms with Crippen LogP contribution in [0.5, 0.6) is 0 Å². The molecule has 7 nitrogen and oxygen atoms in total.